The van der Waals surface area contributed by atoms with Crippen LogP contribution in [0, 0.1) is 5.41 Å². The van der Waals surface area contributed by atoms with E-state index in [0.29, 0.717) is 13.1 Å². The van der Waals surface area contributed by atoms with Crippen molar-refractivity contribution in [1.29, 1.82) is 0 Å². The summed E-state index contributed by atoms with van der Waals surface area (Å²) < 4.78 is 27.6. The van der Waals surface area contributed by atoms with Crippen molar-refractivity contribution >= 4 is 27.3 Å². The molecule has 2 aliphatic heterocycles. The van der Waals surface area contributed by atoms with Crippen molar-refractivity contribution in [3.05, 3.63) is 53.3 Å². The van der Waals surface area contributed by atoms with E-state index in [2.05, 4.69) is 28.9 Å². The Morgan fingerprint density at radius 3 is 2.43 bits per heavy atom. The van der Waals surface area contributed by atoms with Gasteiger partial charge in [-0.1, -0.05) is 30.7 Å². The number of piperidine rings is 1. The van der Waals surface area contributed by atoms with Crippen LogP contribution in [0.3, 0.4) is 0 Å². The van der Waals surface area contributed by atoms with Crippen LogP contribution in [-0.4, -0.2) is 43.9 Å². The summed E-state index contributed by atoms with van der Waals surface area (Å²) in [6, 6.07) is 10.9. The van der Waals surface area contributed by atoms with Crippen LogP contribution >= 0.6 is 11.6 Å². The first-order chi connectivity index (χ1) is 13.4. The van der Waals surface area contributed by atoms with Gasteiger partial charge in [-0.15, -0.1) is 0 Å². The number of hydrogen-bond donors (Lipinski definition) is 0. The lowest BCUT2D eigenvalue weighted by atomic mass is 9.78. The molecule has 2 saturated heterocycles. The van der Waals surface area contributed by atoms with E-state index in [1.165, 1.54) is 5.69 Å². The molecule has 0 bridgehead atoms. The Bertz CT molecular complexity index is 938. The molecule has 1 aromatic carbocycles. The molecule has 0 radical (unpaired) electrons. The van der Waals surface area contributed by atoms with Gasteiger partial charge in [0.25, 0.3) is 0 Å². The third-order valence-corrected chi connectivity index (χ3v) is 8.61. The lowest BCUT2D eigenvalue weighted by molar-refractivity contribution is 0.177. The summed E-state index contributed by atoms with van der Waals surface area (Å²) in [4.78, 5) is 7.12. The van der Waals surface area contributed by atoms with Gasteiger partial charge in [0.2, 0.25) is 10.0 Å². The SMILES string of the molecule is CCc1ccc(N2CCC3(CCN(S(=O)(=O)c4ccccc4Cl)CC3)C2)cn1. The maximum atomic E-state index is 13.0. The van der Waals surface area contributed by atoms with E-state index in [0.717, 1.165) is 44.5 Å². The highest BCUT2D eigenvalue weighted by atomic mass is 35.5. The van der Waals surface area contributed by atoms with E-state index in [1.54, 1.807) is 28.6 Å². The summed E-state index contributed by atoms with van der Waals surface area (Å²) in [5, 5.41) is 0.290. The molecule has 7 heteroatoms. The summed E-state index contributed by atoms with van der Waals surface area (Å²) in [7, 11) is -3.53. The Kier molecular flexibility index (Phi) is 5.38. The molecule has 28 heavy (non-hydrogen) atoms. The van der Waals surface area contributed by atoms with E-state index in [9.17, 15) is 8.42 Å². The van der Waals surface area contributed by atoms with Crippen LogP contribution in [0.5, 0.6) is 0 Å². The van der Waals surface area contributed by atoms with Crippen LogP contribution in [0.2, 0.25) is 5.02 Å². The number of nitrogens with zero attached hydrogens (tertiary/aromatic N) is 3. The Morgan fingerprint density at radius 1 is 1.07 bits per heavy atom. The first-order valence-corrected chi connectivity index (χ1v) is 11.7. The number of benzene rings is 1. The molecule has 2 aromatic rings. The Balaban J connectivity index is 1.43. The summed E-state index contributed by atoms with van der Waals surface area (Å²) in [6.07, 6.45) is 5.78. The standard InChI is InChI=1S/C21H26ClN3O2S/c1-2-17-7-8-18(15-23-17)24-12-9-21(16-24)10-13-25(14-11-21)28(26,27)20-6-4-3-5-19(20)22/h3-8,15H,2,9-14,16H2,1H3. The number of hydrogen-bond acceptors (Lipinski definition) is 4. The molecule has 0 N–H and O–H groups in total. The largest absolute Gasteiger partial charge is 0.370 e. The third-order valence-electron chi connectivity index (χ3n) is 6.21. The minimum atomic E-state index is -3.53. The topological polar surface area (TPSA) is 53.5 Å². The molecule has 0 atom stereocenters. The van der Waals surface area contributed by atoms with Gasteiger partial charge in [0, 0.05) is 31.9 Å². The van der Waals surface area contributed by atoms with Gasteiger partial charge in [0.1, 0.15) is 4.90 Å². The van der Waals surface area contributed by atoms with Crippen LogP contribution < -0.4 is 4.90 Å². The predicted octanol–water partition coefficient (Wildman–Crippen LogP) is 3.98. The fourth-order valence-electron chi connectivity index (χ4n) is 4.37. The number of aromatic nitrogens is 1. The summed E-state index contributed by atoms with van der Waals surface area (Å²) >= 11 is 6.14. The highest BCUT2D eigenvalue weighted by Gasteiger charge is 2.43. The second-order valence-corrected chi connectivity index (χ2v) is 10.2. The zero-order valence-electron chi connectivity index (χ0n) is 16.1. The van der Waals surface area contributed by atoms with Crippen LogP contribution in [0.4, 0.5) is 5.69 Å². The normalized spacial score (nSPS) is 20.0. The predicted molar refractivity (Wildman–Crippen MR) is 112 cm³/mol. The zero-order chi connectivity index (χ0) is 19.8. The number of halogens is 1. The van der Waals surface area contributed by atoms with E-state index in [-0.39, 0.29) is 15.3 Å². The van der Waals surface area contributed by atoms with Gasteiger partial charge in [0.05, 0.1) is 16.9 Å². The van der Waals surface area contributed by atoms with Crippen molar-refractivity contribution in [2.75, 3.05) is 31.1 Å². The highest BCUT2D eigenvalue weighted by Crippen LogP contribution is 2.43. The van der Waals surface area contributed by atoms with Gasteiger partial charge in [-0.2, -0.15) is 4.31 Å². The van der Waals surface area contributed by atoms with E-state index in [4.69, 9.17) is 11.6 Å². The molecule has 150 valence electrons. The number of rotatable bonds is 4. The number of aryl methyl sites for hydroxylation is 1. The average molecular weight is 420 g/mol. The zero-order valence-corrected chi connectivity index (χ0v) is 17.7. The molecular weight excluding hydrogens is 394 g/mol. The molecule has 0 saturated carbocycles. The molecule has 0 amide bonds. The number of pyridine rings is 1. The highest BCUT2D eigenvalue weighted by molar-refractivity contribution is 7.89. The van der Waals surface area contributed by atoms with Crippen LogP contribution in [0.1, 0.15) is 31.9 Å². The van der Waals surface area contributed by atoms with Crippen LogP contribution in [-0.2, 0) is 16.4 Å². The quantitative estimate of drug-likeness (QED) is 0.752. The van der Waals surface area contributed by atoms with Gasteiger partial charge in [0.15, 0.2) is 0 Å². The molecule has 1 spiro atoms. The van der Waals surface area contributed by atoms with Crippen molar-refractivity contribution in [3.8, 4) is 0 Å². The summed E-state index contributed by atoms with van der Waals surface area (Å²) in [5.41, 5.74) is 2.46. The molecule has 1 aromatic heterocycles. The van der Waals surface area contributed by atoms with E-state index >= 15 is 0 Å². The lowest BCUT2D eigenvalue weighted by Gasteiger charge is -2.38. The first kappa shape index (κ1) is 19.7. The molecule has 2 aliphatic rings. The van der Waals surface area contributed by atoms with Crippen molar-refractivity contribution in [3.63, 3.8) is 0 Å². The fourth-order valence-corrected chi connectivity index (χ4v) is 6.31. The summed E-state index contributed by atoms with van der Waals surface area (Å²) in [5.74, 6) is 0. The molecule has 0 aliphatic carbocycles. The first-order valence-electron chi connectivity index (χ1n) is 9.88. The lowest BCUT2D eigenvalue weighted by Crippen LogP contribution is -2.44. The van der Waals surface area contributed by atoms with Crippen molar-refractivity contribution < 1.29 is 8.42 Å². The Hall–Kier alpha value is -1.63. The third kappa shape index (κ3) is 3.65. The minimum Gasteiger partial charge on any atom is -0.370 e. The number of sulfonamides is 1. The van der Waals surface area contributed by atoms with Gasteiger partial charge in [-0.25, -0.2) is 8.42 Å². The Morgan fingerprint density at radius 2 is 1.79 bits per heavy atom. The second-order valence-electron chi connectivity index (χ2n) is 7.87. The van der Waals surface area contributed by atoms with Crippen molar-refractivity contribution in [1.82, 2.24) is 9.29 Å². The molecular formula is C21H26ClN3O2S. The van der Waals surface area contributed by atoms with Gasteiger partial charge >= 0.3 is 0 Å². The van der Waals surface area contributed by atoms with Crippen LogP contribution in [0.15, 0.2) is 47.5 Å². The van der Waals surface area contributed by atoms with Crippen molar-refractivity contribution in [2.24, 2.45) is 5.41 Å². The molecule has 2 fully saturated rings. The monoisotopic (exact) mass is 419 g/mol. The van der Waals surface area contributed by atoms with Crippen molar-refractivity contribution in [2.45, 2.75) is 37.5 Å². The molecule has 0 unspecified atom stereocenters. The average Bonchev–Trinajstić information content (AvgIpc) is 3.12. The smallest absolute Gasteiger partial charge is 0.244 e. The Labute approximate surface area is 172 Å². The van der Waals surface area contributed by atoms with E-state index < -0.39 is 10.0 Å². The number of anilines is 1. The summed E-state index contributed by atoms with van der Waals surface area (Å²) in [6.45, 7) is 5.19. The minimum absolute atomic E-state index is 0.190. The van der Waals surface area contributed by atoms with Gasteiger partial charge in [-0.3, -0.25) is 4.98 Å². The maximum absolute atomic E-state index is 13.0. The van der Waals surface area contributed by atoms with Crippen LogP contribution in [0.25, 0.3) is 0 Å². The van der Waals surface area contributed by atoms with E-state index in [1.807, 2.05) is 6.20 Å². The van der Waals surface area contributed by atoms with Gasteiger partial charge in [-0.05, 0) is 55.4 Å². The molecule has 5 nitrogen and oxygen atoms in total. The maximum Gasteiger partial charge on any atom is 0.244 e. The molecule has 3 heterocycles. The molecule has 4 rings (SSSR count). The fraction of sp³-hybridized carbons (Fsp3) is 0.476. The second kappa shape index (κ2) is 7.65. The van der Waals surface area contributed by atoms with Gasteiger partial charge < -0.3 is 4.90 Å².